The molecule has 40 heavy (non-hydrogen) atoms. The molecule has 204 valence electrons. The van der Waals surface area contributed by atoms with E-state index < -0.39 is 5.97 Å². The zero-order valence-corrected chi connectivity index (χ0v) is 23.1. The Bertz CT molecular complexity index is 1540. The van der Waals surface area contributed by atoms with Crippen molar-refractivity contribution in [2.75, 3.05) is 6.54 Å². The number of likely N-dealkylation sites (tertiary alicyclic amines) is 1. The van der Waals surface area contributed by atoms with Crippen molar-refractivity contribution in [1.29, 1.82) is 0 Å². The molecule has 3 aromatic carbocycles. The van der Waals surface area contributed by atoms with E-state index in [0.29, 0.717) is 47.3 Å². The molecule has 6 nitrogen and oxygen atoms in total. The van der Waals surface area contributed by atoms with Crippen molar-refractivity contribution in [3.05, 3.63) is 94.6 Å². The number of Topliss-reactive ketones (excluding diaryl/α,β-unsaturated/α-hetero) is 1. The van der Waals surface area contributed by atoms with Crippen LogP contribution in [0.25, 0.3) is 22.3 Å². The van der Waals surface area contributed by atoms with Gasteiger partial charge in [0.1, 0.15) is 0 Å². The lowest BCUT2D eigenvalue weighted by Gasteiger charge is -2.31. The molecule has 1 aromatic heterocycles. The van der Waals surface area contributed by atoms with Crippen LogP contribution < -0.4 is 0 Å². The Morgan fingerprint density at radius 3 is 2.45 bits per heavy atom. The maximum absolute atomic E-state index is 13.7. The van der Waals surface area contributed by atoms with Crippen molar-refractivity contribution in [3.8, 4) is 11.3 Å². The monoisotopic (exact) mass is 553 g/mol. The predicted octanol–water partition coefficient (Wildman–Crippen LogP) is 6.84. The Morgan fingerprint density at radius 2 is 1.73 bits per heavy atom. The van der Waals surface area contributed by atoms with Crippen molar-refractivity contribution in [2.24, 2.45) is 11.8 Å². The fourth-order valence-corrected chi connectivity index (χ4v) is 6.54. The van der Waals surface area contributed by atoms with Crippen molar-refractivity contribution in [1.82, 2.24) is 14.9 Å². The van der Waals surface area contributed by atoms with Crippen LogP contribution in [0, 0.1) is 11.8 Å². The van der Waals surface area contributed by atoms with E-state index in [4.69, 9.17) is 26.7 Å². The van der Waals surface area contributed by atoms with Gasteiger partial charge < -0.3 is 5.11 Å². The van der Waals surface area contributed by atoms with Crippen LogP contribution in [0.1, 0.15) is 53.7 Å². The number of carboxylic acids is 1. The number of ketones is 1. The number of carbonyl (C=O) groups is 2. The van der Waals surface area contributed by atoms with E-state index >= 15 is 0 Å². The number of rotatable bonds is 10. The molecular formula is C33H32ClN3O3. The topological polar surface area (TPSA) is 83.4 Å². The number of fused-ring (bicyclic) bond motifs is 3. The maximum atomic E-state index is 13.7. The summed E-state index contributed by atoms with van der Waals surface area (Å²) in [6, 6.07) is 24.2. The molecule has 1 aliphatic carbocycles. The van der Waals surface area contributed by atoms with E-state index in [1.165, 1.54) is 5.56 Å². The summed E-state index contributed by atoms with van der Waals surface area (Å²) >= 11 is 6.11. The van der Waals surface area contributed by atoms with Crippen LogP contribution in [0.2, 0.25) is 5.02 Å². The summed E-state index contributed by atoms with van der Waals surface area (Å²) in [6.07, 6.45) is 3.99. The maximum Gasteiger partial charge on any atom is 0.303 e. The number of hydrogen-bond acceptors (Lipinski definition) is 5. The molecule has 2 aliphatic rings. The normalized spacial score (nSPS) is 20.3. The molecule has 3 atom stereocenters. The Balaban J connectivity index is 1.22. The first kappa shape index (κ1) is 26.6. The van der Waals surface area contributed by atoms with Crippen molar-refractivity contribution in [2.45, 2.75) is 51.1 Å². The lowest BCUT2D eigenvalue weighted by molar-refractivity contribution is -0.137. The number of hydrogen-bond donors (Lipinski definition) is 1. The summed E-state index contributed by atoms with van der Waals surface area (Å²) in [6.45, 7) is 1.91. The van der Waals surface area contributed by atoms with Crippen LogP contribution in [0.5, 0.6) is 0 Å². The van der Waals surface area contributed by atoms with Gasteiger partial charge in [0.25, 0.3) is 0 Å². The quantitative estimate of drug-likeness (QED) is 0.171. The average molecular weight is 554 g/mol. The molecule has 4 aromatic rings. The Hall–Kier alpha value is -3.61. The van der Waals surface area contributed by atoms with Gasteiger partial charge in [-0.05, 0) is 73.9 Å². The predicted molar refractivity (Wildman–Crippen MR) is 156 cm³/mol. The fourth-order valence-electron chi connectivity index (χ4n) is 6.42. The molecule has 7 heteroatoms. The minimum Gasteiger partial charge on any atom is -0.481 e. The third kappa shape index (κ3) is 5.65. The van der Waals surface area contributed by atoms with Gasteiger partial charge in [-0.3, -0.25) is 14.5 Å². The lowest BCUT2D eigenvalue weighted by atomic mass is 9.87. The van der Waals surface area contributed by atoms with Gasteiger partial charge in [-0.1, -0.05) is 54.1 Å². The van der Waals surface area contributed by atoms with Gasteiger partial charge in [-0.2, -0.15) is 0 Å². The molecule has 0 amide bonds. The lowest BCUT2D eigenvalue weighted by Crippen LogP contribution is -2.37. The molecule has 1 aliphatic heterocycles. The third-order valence-corrected chi connectivity index (χ3v) is 8.67. The molecule has 0 radical (unpaired) electrons. The molecule has 6 rings (SSSR count). The van der Waals surface area contributed by atoms with Gasteiger partial charge in [-0.15, -0.1) is 0 Å². The standard InChI is InChI=1S/C33H32ClN3O3/c34-25-13-10-22(11-14-25)32-29(8-4-5-9-31(38)39)35-30-17-23(12-15-28(30)36-32)33(40)27-18-26-16-24(27)20-37(26)19-21-6-2-1-3-7-21/h1-3,6-7,10-15,17,24,26-27H,4-5,8-9,16,18-20H2,(H,38,39)/t24-,26-,27?/m0/s1. The third-order valence-electron chi connectivity index (χ3n) is 8.41. The van der Waals surface area contributed by atoms with Gasteiger partial charge >= 0.3 is 5.97 Å². The Kier molecular flexibility index (Phi) is 7.63. The molecule has 1 saturated carbocycles. The number of carbonyl (C=O) groups excluding carboxylic acids is 1. The number of aliphatic carboxylic acids is 1. The van der Waals surface area contributed by atoms with Gasteiger partial charge in [0, 0.05) is 47.6 Å². The Labute approximate surface area is 239 Å². The Morgan fingerprint density at radius 1 is 0.925 bits per heavy atom. The summed E-state index contributed by atoms with van der Waals surface area (Å²) in [5.74, 6) is -0.152. The van der Waals surface area contributed by atoms with Crippen LogP contribution in [0.15, 0.2) is 72.8 Å². The molecular weight excluding hydrogens is 522 g/mol. The number of piperidine rings is 1. The minimum atomic E-state index is -0.797. The zero-order valence-electron chi connectivity index (χ0n) is 22.3. The van der Waals surface area contributed by atoms with Gasteiger partial charge in [0.2, 0.25) is 0 Å². The average Bonchev–Trinajstić information content (AvgIpc) is 3.56. The fraction of sp³-hybridized carbons (Fsp3) is 0.333. The van der Waals surface area contributed by atoms with Crippen molar-refractivity contribution in [3.63, 3.8) is 0 Å². The first-order valence-electron chi connectivity index (χ1n) is 14.0. The summed E-state index contributed by atoms with van der Waals surface area (Å²) in [5.41, 5.74) is 5.94. The van der Waals surface area contributed by atoms with E-state index in [0.717, 1.165) is 48.4 Å². The van der Waals surface area contributed by atoms with Gasteiger partial charge in [0.15, 0.2) is 5.78 Å². The summed E-state index contributed by atoms with van der Waals surface area (Å²) < 4.78 is 0. The van der Waals surface area contributed by atoms with E-state index in [-0.39, 0.29) is 18.1 Å². The highest BCUT2D eigenvalue weighted by Crippen LogP contribution is 2.44. The molecule has 0 spiro atoms. The molecule has 2 bridgehead atoms. The first-order valence-corrected chi connectivity index (χ1v) is 14.4. The van der Waals surface area contributed by atoms with Crippen LogP contribution in [0.3, 0.4) is 0 Å². The minimum absolute atomic E-state index is 0.0475. The van der Waals surface area contributed by atoms with Crippen LogP contribution in [0.4, 0.5) is 0 Å². The van der Waals surface area contributed by atoms with Crippen LogP contribution in [-0.2, 0) is 17.8 Å². The number of halogens is 1. The summed E-state index contributed by atoms with van der Waals surface area (Å²) in [5, 5.41) is 9.67. The number of aromatic nitrogens is 2. The van der Waals surface area contributed by atoms with Crippen LogP contribution >= 0.6 is 11.6 Å². The number of carboxylic acid groups (broad SMARTS) is 1. The van der Waals surface area contributed by atoms with Gasteiger partial charge in [0.05, 0.1) is 22.4 Å². The highest BCUT2D eigenvalue weighted by atomic mass is 35.5. The molecule has 1 N–H and O–H groups in total. The number of unbranched alkanes of at least 4 members (excludes halogenated alkanes) is 1. The molecule has 1 saturated heterocycles. The molecule has 1 unspecified atom stereocenters. The number of nitrogens with zero attached hydrogens (tertiary/aromatic N) is 3. The SMILES string of the molecule is O=C(O)CCCCc1nc2cc(C(=O)C3C[C@@H]4C[C@H]3CN4Cc3ccccc3)ccc2nc1-c1ccc(Cl)cc1. The van der Waals surface area contributed by atoms with Crippen LogP contribution in [-0.4, -0.2) is 44.3 Å². The van der Waals surface area contributed by atoms with E-state index in [1.807, 2.05) is 48.5 Å². The second-order valence-electron chi connectivity index (χ2n) is 11.1. The first-order chi connectivity index (χ1) is 19.4. The summed E-state index contributed by atoms with van der Waals surface area (Å²) in [4.78, 5) is 37.1. The smallest absolute Gasteiger partial charge is 0.303 e. The molecule has 2 heterocycles. The van der Waals surface area contributed by atoms with E-state index in [2.05, 4.69) is 29.2 Å². The van der Waals surface area contributed by atoms with Gasteiger partial charge in [-0.25, -0.2) is 9.97 Å². The second-order valence-corrected chi connectivity index (χ2v) is 11.5. The van der Waals surface area contributed by atoms with E-state index in [1.54, 1.807) is 0 Å². The van der Waals surface area contributed by atoms with E-state index in [9.17, 15) is 9.59 Å². The zero-order chi connectivity index (χ0) is 27.6. The number of benzene rings is 3. The molecule has 2 fully saturated rings. The highest BCUT2D eigenvalue weighted by molar-refractivity contribution is 6.30. The highest BCUT2D eigenvalue weighted by Gasteiger charge is 2.47. The van der Waals surface area contributed by atoms with Crippen molar-refractivity contribution >= 4 is 34.4 Å². The largest absolute Gasteiger partial charge is 0.481 e. The van der Waals surface area contributed by atoms with Crippen molar-refractivity contribution < 1.29 is 14.7 Å². The second kappa shape index (κ2) is 11.5. The summed E-state index contributed by atoms with van der Waals surface area (Å²) in [7, 11) is 0. The number of aryl methyl sites for hydroxylation is 1.